The van der Waals surface area contributed by atoms with Crippen molar-refractivity contribution in [1.29, 1.82) is 0 Å². The first kappa shape index (κ1) is 26.2. The zero-order valence-electron chi connectivity index (χ0n) is 21.9. The molecule has 6 aromatic rings. The first-order valence-corrected chi connectivity index (χ1v) is 13.4. The summed E-state index contributed by atoms with van der Waals surface area (Å²) >= 11 is 0. The van der Waals surface area contributed by atoms with Crippen LogP contribution in [0.2, 0.25) is 0 Å². The van der Waals surface area contributed by atoms with Crippen molar-refractivity contribution in [2.45, 2.75) is 38.9 Å². The van der Waals surface area contributed by atoms with E-state index in [1.54, 1.807) is 0 Å². The summed E-state index contributed by atoms with van der Waals surface area (Å²) in [4.78, 5) is 13.0. The third kappa shape index (κ3) is 4.99. The van der Waals surface area contributed by atoms with Gasteiger partial charge in [-0.05, 0) is 19.3 Å². The summed E-state index contributed by atoms with van der Waals surface area (Å²) in [6, 6.07) is 28.2. The molecule has 6 nitrogen and oxygen atoms in total. The molecule has 0 saturated carbocycles. The number of hydrogen-bond donors (Lipinski definition) is 0. The minimum Gasteiger partial charge on any atom is -0.371 e. The van der Waals surface area contributed by atoms with Crippen LogP contribution < -0.4 is 0 Å². The largest absolute Gasteiger partial charge is 3.00 e. The van der Waals surface area contributed by atoms with Crippen molar-refractivity contribution in [1.82, 2.24) is 28.7 Å². The zero-order valence-corrected chi connectivity index (χ0v) is 24.3. The van der Waals surface area contributed by atoms with Gasteiger partial charge in [0.1, 0.15) is 0 Å². The van der Waals surface area contributed by atoms with Gasteiger partial charge < -0.3 is 13.7 Å². The Morgan fingerprint density at radius 1 is 0.500 bits per heavy atom. The van der Waals surface area contributed by atoms with Crippen molar-refractivity contribution < 1.29 is 20.1 Å². The van der Waals surface area contributed by atoms with Crippen molar-refractivity contribution >= 4 is 0 Å². The van der Waals surface area contributed by atoms with Gasteiger partial charge in [0, 0.05) is 56.8 Å². The molecule has 0 N–H and O–H groups in total. The fourth-order valence-corrected chi connectivity index (χ4v) is 5.54. The van der Waals surface area contributed by atoms with Crippen LogP contribution in [0, 0.1) is 18.2 Å². The monoisotopic (exact) mass is 700 g/mol. The maximum absolute atomic E-state index is 4.33. The van der Waals surface area contributed by atoms with E-state index < -0.39 is 0 Å². The van der Waals surface area contributed by atoms with Crippen molar-refractivity contribution in [3.05, 3.63) is 127 Å². The van der Waals surface area contributed by atoms with Gasteiger partial charge in [0.15, 0.2) is 0 Å². The molecule has 0 atom stereocenters. The molecule has 0 saturated heterocycles. The van der Waals surface area contributed by atoms with E-state index in [-0.39, 0.29) is 20.1 Å². The number of benzene rings is 3. The first-order chi connectivity index (χ1) is 19.3. The molecule has 3 aliphatic rings. The summed E-state index contributed by atoms with van der Waals surface area (Å²) in [6.45, 7) is 3.13. The van der Waals surface area contributed by atoms with Gasteiger partial charge in [0.05, 0.1) is 17.5 Å². The van der Waals surface area contributed by atoms with Gasteiger partial charge in [-0.15, -0.1) is 106 Å². The molecule has 6 heterocycles. The van der Waals surface area contributed by atoms with Crippen LogP contribution in [0.5, 0.6) is 0 Å². The molecular formula is C33H27IrN6. The van der Waals surface area contributed by atoms with Crippen LogP contribution in [0.3, 0.4) is 0 Å². The summed E-state index contributed by atoms with van der Waals surface area (Å²) < 4.78 is 6.54. The van der Waals surface area contributed by atoms with Crippen LogP contribution in [0.4, 0.5) is 0 Å². The molecule has 40 heavy (non-hydrogen) atoms. The summed E-state index contributed by atoms with van der Waals surface area (Å²) in [5.41, 5.74) is 7.58. The molecule has 0 fully saturated rings. The molecule has 3 aliphatic heterocycles. The zero-order chi connectivity index (χ0) is 26.0. The predicted octanol–water partition coefficient (Wildman–Crippen LogP) is 5.72. The average molecular weight is 700 g/mol. The molecule has 0 radical (unpaired) electrons. The van der Waals surface area contributed by atoms with Gasteiger partial charge in [-0.25, -0.2) is 0 Å². The van der Waals surface area contributed by atoms with Crippen molar-refractivity contribution in [3.8, 4) is 34.2 Å². The second-order valence-electron chi connectivity index (χ2n) is 9.79. The number of hydrogen-bond acceptors (Lipinski definition) is 3. The molecule has 0 amide bonds. The summed E-state index contributed by atoms with van der Waals surface area (Å²) in [7, 11) is 0. The number of aryl methyl sites for hydroxylation is 6. The minimum atomic E-state index is 0. The molecule has 7 heteroatoms. The Kier molecular flexibility index (Phi) is 7.58. The van der Waals surface area contributed by atoms with Gasteiger partial charge >= 0.3 is 20.1 Å². The van der Waals surface area contributed by atoms with E-state index in [0.29, 0.717) is 0 Å². The summed E-state index contributed by atoms with van der Waals surface area (Å²) in [5, 5.41) is 0. The molecule has 0 bridgehead atoms. The van der Waals surface area contributed by atoms with Crippen LogP contribution >= 0.6 is 0 Å². The van der Waals surface area contributed by atoms with Gasteiger partial charge in [0.25, 0.3) is 0 Å². The fraction of sp³-hybridized carbons (Fsp3) is 0.182. The van der Waals surface area contributed by atoms with Crippen LogP contribution in [0.15, 0.2) is 91.8 Å². The number of fused-ring (bicyclic) bond motifs is 9. The molecule has 0 spiro atoms. The van der Waals surface area contributed by atoms with Crippen molar-refractivity contribution in [2.24, 2.45) is 0 Å². The standard InChI is InChI=1S/3C11H9N2.Ir/c3*1-2-4-10-9(3-1)5-7-13-8-6-12-11(10)13;/h3*1-3,6,8H,5,7H2;/q3*-1;+3. The molecule has 3 aromatic heterocycles. The normalized spacial score (nSPS) is 13.2. The van der Waals surface area contributed by atoms with Gasteiger partial charge in [-0.3, -0.25) is 15.0 Å². The Bertz CT molecular complexity index is 1540. The van der Waals surface area contributed by atoms with E-state index in [1.807, 2.05) is 73.6 Å². The third-order valence-corrected chi connectivity index (χ3v) is 7.51. The number of imidazole rings is 3. The second-order valence-corrected chi connectivity index (χ2v) is 9.79. The minimum absolute atomic E-state index is 0. The maximum atomic E-state index is 4.33. The first-order valence-electron chi connectivity index (χ1n) is 13.4. The van der Waals surface area contributed by atoms with Crippen LogP contribution in [0.25, 0.3) is 34.2 Å². The number of nitrogens with zero attached hydrogens (tertiary/aromatic N) is 6. The van der Waals surface area contributed by atoms with Gasteiger partial charge in [0.2, 0.25) is 0 Å². The van der Waals surface area contributed by atoms with E-state index in [9.17, 15) is 0 Å². The maximum Gasteiger partial charge on any atom is 3.00 e. The molecule has 0 unspecified atom stereocenters. The van der Waals surface area contributed by atoms with Gasteiger partial charge in [-0.1, -0.05) is 0 Å². The fourth-order valence-electron chi connectivity index (χ4n) is 5.54. The van der Waals surface area contributed by atoms with E-state index in [4.69, 9.17) is 0 Å². The Labute approximate surface area is 247 Å². The number of rotatable bonds is 0. The van der Waals surface area contributed by atoms with E-state index >= 15 is 0 Å². The Hall–Kier alpha value is -4.06. The molecule has 9 rings (SSSR count). The van der Waals surface area contributed by atoms with E-state index in [0.717, 1.165) is 56.4 Å². The Balaban J connectivity index is 0.000000107. The molecular weight excluding hydrogens is 673 g/mol. The predicted molar refractivity (Wildman–Crippen MR) is 151 cm³/mol. The summed E-state index contributed by atoms with van der Waals surface area (Å²) in [5.74, 6) is 3.17. The van der Waals surface area contributed by atoms with Gasteiger partial charge in [-0.2, -0.15) is 0 Å². The molecule has 0 aliphatic carbocycles. The average Bonchev–Trinajstić information content (AvgIpc) is 3.78. The molecule has 198 valence electrons. The topological polar surface area (TPSA) is 53.5 Å². The van der Waals surface area contributed by atoms with Crippen molar-refractivity contribution in [2.75, 3.05) is 0 Å². The van der Waals surface area contributed by atoms with E-state index in [2.05, 4.69) is 65.1 Å². The SMILES string of the molecule is [Ir+3].[c-]1cccc2c1-c1nccn1CC2.[c-]1cccc2c1-c1nccn1CC2.[c-]1cccc2c1-c1nccn1CC2. The third-order valence-electron chi connectivity index (χ3n) is 7.51. The number of aromatic nitrogens is 6. The van der Waals surface area contributed by atoms with Crippen LogP contribution in [-0.4, -0.2) is 28.7 Å². The summed E-state index contributed by atoms with van der Waals surface area (Å²) in [6.07, 6.45) is 14.9. The van der Waals surface area contributed by atoms with Crippen molar-refractivity contribution in [3.63, 3.8) is 0 Å². The molecule has 3 aromatic carbocycles. The van der Waals surface area contributed by atoms with E-state index in [1.165, 1.54) is 33.4 Å². The second kappa shape index (κ2) is 11.6. The Morgan fingerprint density at radius 2 is 0.825 bits per heavy atom. The van der Waals surface area contributed by atoms with Crippen LogP contribution in [-0.2, 0) is 59.0 Å². The smallest absolute Gasteiger partial charge is 0.371 e. The quantitative estimate of drug-likeness (QED) is 0.191. The Morgan fingerprint density at radius 3 is 1.15 bits per heavy atom. The van der Waals surface area contributed by atoms with Crippen LogP contribution in [0.1, 0.15) is 16.7 Å².